The molecule has 6 nitrogen and oxygen atoms in total. The van der Waals surface area contributed by atoms with Crippen LogP contribution in [0.2, 0.25) is 0 Å². The summed E-state index contributed by atoms with van der Waals surface area (Å²) in [7, 11) is 0. The van der Waals surface area contributed by atoms with Crippen LogP contribution in [0.5, 0.6) is 5.75 Å². The third kappa shape index (κ3) is 3.41. The Morgan fingerprint density at radius 1 is 1.23 bits per heavy atom. The number of hydrogen-bond acceptors (Lipinski definition) is 4. The number of carbonyl (C=O) groups is 2. The quantitative estimate of drug-likeness (QED) is 0.890. The maximum atomic E-state index is 12.0. The van der Waals surface area contributed by atoms with Crippen molar-refractivity contribution in [1.82, 2.24) is 10.3 Å². The molecule has 2 aromatic rings. The van der Waals surface area contributed by atoms with Gasteiger partial charge in [-0.15, -0.1) is 0 Å². The third-order valence-corrected chi connectivity index (χ3v) is 3.28. The molecular formula is C16H15N3O3. The number of ether oxygens (including phenoxy) is 1. The molecular weight excluding hydrogens is 282 g/mol. The molecule has 0 saturated carbocycles. The first-order valence-electron chi connectivity index (χ1n) is 6.92. The van der Waals surface area contributed by atoms with E-state index in [2.05, 4.69) is 15.6 Å². The lowest BCUT2D eigenvalue weighted by Gasteiger charge is -2.18. The molecule has 1 aromatic heterocycles. The summed E-state index contributed by atoms with van der Waals surface area (Å²) < 4.78 is 5.28. The molecule has 1 aromatic carbocycles. The molecule has 3 rings (SSSR count). The summed E-state index contributed by atoms with van der Waals surface area (Å²) in [6, 6.07) is 9.05. The van der Waals surface area contributed by atoms with Crippen LogP contribution >= 0.6 is 0 Å². The minimum absolute atomic E-state index is 0.0266. The average molecular weight is 297 g/mol. The molecule has 2 heterocycles. The summed E-state index contributed by atoms with van der Waals surface area (Å²) in [6.07, 6.45) is 3.62. The van der Waals surface area contributed by atoms with Crippen molar-refractivity contribution in [2.75, 3.05) is 11.9 Å². The summed E-state index contributed by atoms with van der Waals surface area (Å²) in [4.78, 5) is 27.2. The zero-order valence-corrected chi connectivity index (χ0v) is 11.8. The van der Waals surface area contributed by atoms with Gasteiger partial charge in [-0.2, -0.15) is 0 Å². The van der Waals surface area contributed by atoms with Gasteiger partial charge >= 0.3 is 0 Å². The van der Waals surface area contributed by atoms with E-state index < -0.39 is 0 Å². The molecule has 2 amide bonds. The maximum Gasteiger partial charge on any atom is 0.262 e. The van der Waals surface area contributed by atoms with Crippen molar-refractivity contribution in [3.63, 3.8) is 0 Å². The molecule has 0 spiro atoms. The fraction of sp³-hybridized carbons (Fsp3) is 0.188. The van der Waals surface area contributed by atoms with Crippen LogP contribution in [-0.4, -0.2) is 23.4 Å². The van der Waals surface area contributed by atoms with Crippen molar-refractivity contribution >= 4 is 17.5 Å². The molecule has 112 valence electrons. The van der Waals surface area contributed by atoms with Gasteiger partial charge in [0.2, 0.25) is 5.91 Å². The number of nitrogens with zero attached hydrogens (tertiary/aromatic N) is 1. The van der Waals surface area contributed by atoms with Gasteiger partial charge in [0, 0.05) is 18.9 Å². The molecule has 0 unspecified atom stereocenters. The first-order valence-corrected chi connectivity index (χ1v) is 6.92. The van der Waals surface area contributed by atoms with Crippen molar-refractivity contribution in [2.24, 2.45) is 0 Å². The first kappa shape index (κ1) is 14.1. The Bertz CT molecular complexity index is 701. The van der Waals surface area contributed by atoms with Gasteiger partial charge in [-0.05, 0) is 35.4 Å². The predicted molar refractivity (Wildman–Crippen MR) is 80.4 cm³/mol. The maximum absolute atomic E-state index is 12.0. The molecule has 1 aliphatic rings. The first-order chi connectivity index (χ1) is 10.7. The van der Waals surface area contributed by atoms with Crippen LogP contribution in [0.1, 0.15) is 11.1 Å². The van der Waals surface area contributed by atoms with E-state index in [1.807, 2.05) is 18.2 Å². The molecule has 2 N–H and O–H groups in total. The lowest BCUT2D eigenvalue weighted by Crippen LogP contribution is -2.26. The number of amides is 2. The Labute approximate surface area is 127 Å². The van der Waals surface area contributed by atoms with Crippen molar-refractivity contribution in [1.29, 1.82) is 0 Å². The second-order valence-corrected chi connectivity index (χ2v) is 4.98. The van der Waals surface area contributed by atoms with Crippen LogP contribution in [-0.2, 0) is 22.6 Å². The second kappa shape index (κ2) is 6.26. The molecule has 0 radical (unpaired) electrons. The third-order valence-electron chi connectivity index (χ3n) is 3.28. The summed E-state index contributed by atoms with van der Waals surface area (Å²) in [5, 5.41) is 5.58. The number of fused-ring (bicyclic) bond motifs is 1. The van der Waals surface area contributed by atoms with Crippen LogP contribution in [0.15, 0.2) is 42.7 Å². The van der Waals surface area contributed by atoms with Crippen molar-refractivity contribution in [3.05, 3.63) is 53.9 Å². The smallest absolute Gasteiger partial charge is 0.262 e. The summed E-state index contributed by atoms with van der Waals surface area (Å²) >= 11 is 0. The highest BCUT2D eigenvalue weighted by Crippen LogP contribution is 2.28. The van der Waals surface area contributed by atoms with Crippen LogP contribution in [0.25, 0.3) is 0 Å². The van der Waals surface area contributed by atoms with E-state index in [9.17, 15) is 9.59 Å². The van der Waals surface area contributed by atoms with Crippen molar-refractivity contribution in [2.45, 2.75) is 13.0 Å². The van der Waals surface area contributed by atoms with Gasteiger partial charge < -0.3 is 15.4 Å². The SMILES string of the molecule is O=C(Cc1ccc2c(c1)NC(=O)CO2)NCc1ccncc1. The van der Waals surface area contributed by atoms with Crippen molar-refractivity contribution in [3.8, 4) is 5.75 Å². The number of nitrogens with one attached hydrogen (secondary N) is 2. The summed E-state index contributed by atoms with van der Waals surface area (Å²) in [5.41, 5.74) is 2.42. The molecule has 6 heteroatoms. The van der Waals surface area contributed by atoms with Gasteiger partial charge in [-0.25, -0.2) is 0 Å². The Balaban J connectivity index is 1.60. The number of carbonyl (C=O) groups excluding carboxylic acids is 2. The fourth-order valence-electron chi connectivity index (χ4n) is 2.19. The van der Waals surface area contributed by atoms with Gasteiger partial charge in [-0.1, -0.05) is 6.07 Å². The molecule has 0 atom stereocenters. The molecule has 0 bridgehead atoms. The normalized spacial score (nSPS) is 12.8. The van der Waals surface area contributed by atoms with Crippen LogP contribution < -0.4 is 15.4 Å². The number of aromatic nitrogens is 1. The van der Waals surface area contributed by atoms with Gasteiger partial charge in [0.15, 0.2) is 6.61 Å². The van der Waals surface area contributed by atoms with Crippen LogP contribution in [0.3, 0.4) is 0 Å². The minimum Gasteiger partial charge on any atom is -0.482 e. The van der Waals surface area contributed by atoms with Crippen LogP contribution in [0.4, 0.5) is 5.69 Å². The van der Waals surface area contributed by atoms with Gasteiger partial charge in [0.1, 0.15) is 5.75 Å². The van der Waals surface area contributed by atoms with Crippen molar-refractivity contribution < 1.29 is 14.3 Å². The second-order valence-electron chi connectivity index (χ2n) is 4.98. The zero-order chi connectivity index (χ0) is 15.4. The molecule has 0 aliphatic carbocycles. The highest BCUT2D eigenvalue weighted by Gasteiger charge is 2.16. The van der Waals surface area contributed by atoms with Gasteiger partial charge in [0.25, 0.3) is 5.91 Å². The number of anilines is 1. The number of hydrogen-bond donors (Lipinski definition) is 2. The fourth-order valence-corrected chi connectivity index (χ4v) is 2.19. The van der Waals surface area contributed by atoms with E-state index in [1.54, 1.807) is 24.5 Å². The highest BCUT2D eigenvalue weighted by molar-refractivity contribution is 5.95. The average Bonchev–Trinajstić information content (AvgIpc) is 2.53. The Kier molecular flexibility index (Phi) is 4.00. The Hall–Kier alpha value is -2.89. The molecule has 0 saturated heterocycles. The van der Waals surface area contributed by atoms with E-state index in [0.717, 1.165) is 11.1 Å². The molecule has 0 fully saturated rings. The lowest BCUT2D eigenvalue weighted by molar-refractivity contribution is -0.120. The monoisotopic (exact) mass is 297 g/mol. The summed E-state index contributed by atoms with van der Waals surface area (Å²) in [5.74, 6) is 0.354. The van der Waals surface area contributed by atoms with E-state index >= 15 is 0 Å². The topological polar surface area (TPSA) is 80.3 Å². The minimum atomic E-state index is -0.188. The predicted octanol–water partition coefficient (Wildman–Crippen LogP) is 1.27. The standard InChI is InChI=1S/C16H15N3O3/c20-15(18-9-11-3-5-17-6-4-11)8-12-1-2-14-13(7-12)19-16(21)10-22-14/h1-7H,8-10H2,(H,18,20)(H,19,21). The molecule has 22 heavy (non-hydrogen) atoms. The van der Waals surface area contributed by atoms with E-state index in [1.165, 1.54) is 0 Å². The van der Waals surface area contributed by atoms with E-state index in [-0.39, 0.29) is 24.8 Å². The molecule has 1 aliphatic heterocycles. The largest absolute Gasteiger partial charge is 0.482 e. The Morgan fingerprint density at radius 2 is 2.05 bits per heavy atom. The number of pyridine rings is 1. The number of rotatable bonds is 4. The zero-order valence-electron chi connectivity index (χ0n) is 11.8. The lowest BCUT2D eigenvalue weighted by atomic mass is 10.1. The van der Waals surface area contributed by atoms with Gasteiger partial charge in [0.05, 0.1) is 12.1 Å². The van der Waals surface area contributed by atoms with E-state index in [0.29, 0.717) is 18.0 Å². The highest BCUT2D eigenvalue weighted by atomic mass is 16.5. The Morgan fingerprint density at radius 3 is 2.86 bits per heavy atom. The number of benzene rings is 1. The van der Waals surface area contributed by atoms with Crippen LogP contribution in [0, 0.1) is 0 Å². The summed E-state index contributed by atoms with van der Waals surface area (Å²) in [6.45, 7) is 0.491. The van der Waals surface area contributed by atoms with Gasteiger partial charge in [-0.3, -0.25) is 14.6 Å². The van der Waals surface area contributed by atoms with E-state index in [4.69, 9.17) is 4.74 Å².